The van der Waals surface area contributed by atoms with Gasteiger partial charge in [0.15, 0.2) is 9.92 Å². The number of carbonyl (C=O) groups is 2. The molecule has 1 aromatic rings. The molecule has 0 fully saturated rings. The number of carbonyl (C=O) groups excluding carboxylic acids is 2. The Hall–Kier alpha value is -1.45. The van der Waals surface area contributed by atoms with E-state index in [2.05, 4.69) is 9.68 Å². The van der Waals surface area contributed by atoms with Crippen molar-refractivity contribution in [3.05, 3.63) is 16.5 Å². The van der Waals surface area contributed by atoms with Gasteiger partial charge in [-0.1, -0.05) is 13.8 Å². The van der Waals surface area contributed by atoms with Gasteiger partial charge in [0.05, 0.1) is 0 Å². The van der Waals surface area contributed by atoms with Crippen LogP contribution in [0.1, 0.15) is 52.2 Å². The van der Waals surface area contributed by atoms with Gasteiger partial charge >= 0.3 is 6.09 Å². The van der Waals surface area contributed by atoms with Gasteiger partial charge in [0.1, 0.15) is 15.9 Å². The molecule has 0 aromatic carbocycles. The van der Waals surface area contributed by atoms with E-state index in [0.29, 0.717) is 10.6 Å². The molecular formula is C17H29N3O4S2. The Morgan fingerprint density at radius 1 is 1.35 bits per heavy atom. The molecule has 0 aliphatic heterocycles. The molecule has 148 valence electrons. The lowest BCUT2D eigenvalue weighted by Crippen LogP contribution is -2.44. The monoisotopic (exact) mass is 403 g/mol. The Balaban J connectivity index is 3.10. The molecule has 0 aliphatic carbocycles. The van der Waals surface area contributed by atoms with Crippen molar-refractivity contribution in [1.29, 1.82) is 0 Å². The standard InChI is InChI=1S/C17H29N3O4S2/c1-10(2)8-13(19-16(22)24-17(5,6)7)14(21)20-26(18,23)15-12(4)11(3)9-25-15/h9-10,13H,8H2,1-7H3,(H,19,22)(H2,18,20,21,23)/t13-,26?/m0/s1. The maximum atomic E-state index is 12.8. The highest BCUT2D eigenvalue weighted by Crippen LogP contribution is 2.26. The maximum Gasteiger partial charge on any atom is 0.408 e. The van der Waals surface area contributed by atoms with Crippen molar-refractivity contribution >= 4 is 33.3 Å². The molecule has 0 aliphatic rings. The van der Waals surface area contributed by atoms with E-state index in [4.69, 9.17) is 9.88 Å². The fourth-order valence-corrected chi connectivity index (χ4v) is 4.83. The Labute approximate surface area is 160 Å². The molecule has 26 heavy (non-hydrogen) atoms. The first kappa shape index (κ1) is 22.6. The Kier molecular flexibility index (Phi) is 7.38. The number of hydrogen-bond acceptors (Lipinski definition) is 5. The molecule has 0 bridgehead atoms. The SMILES string of the molecule is Cc1csc(S(N)(=O)=NC(=O)[C@H](CC(C)C)NC(=O)OC(C)(C)C)c1C. The summed E-state index contributed by atoms with van der Waals surface area (Å²) >= 11 is 1.21. The zero-order valence-electron chi connectivity index (χ0n) is 16.4. The maximum absolute atomic E-state index is 12.8. The molecule has 0 saturated carbocycles. The van der Waals surface area contributed by atoms with Gasteiger partial charge in [0, 0.05) is 0 Å². The first-order valence-corrected chi connectivity index (χ1v) is 10.8. The molecule has 1 heterocycles. The molecule has 0 radical (unpaired) electrons. The van der Waals surface area contributed by atoms with Crippen LogP contribution in [0.15, 0.2) is 14.0 Å². The van der Waals surface area contributed by atoms with Crippen LogP contribution in [0.3, 0.4) is 0 Å². The number of ether oxygens (including phenoxy) is 1. The van der Waals surface area contributed by atoms with Crippen LogP contribution < -0.4 is 10.5 Å². The van der Waals surface area contributed by atoms with Gasteiger partial charge in [-0.3, -0.25) is 4.79 Å². The van der Waals surface area contributed by atoms with E-state index in [1.165, 1.54) is 11.3 Å². The number of aryl methyl sites for hydroxylation is 1. The molecule has 1 unspecified atom stereocenters. The minimum atomic E-state index is -3.37. The minimum absolute atomic E-state index is 0.105. The van der Waals surface area contributed by atoms with Gasteiger partial charge in [0.25, 0.3) is 5.91 Å². The van der Waals surface area contributed by atoms with Gasteiger partial charge in [-0.15, -0.1) is 15.7 Å². The summed E-state index contributed by atoms with van der Waals surface area (Å²) in [5.41, 5.74) is 1.01. The first-order chi connectivity index (χ1) is 11.7. The zero-order chi connectivity index (χ0) is 20.3. The molecule has 0 saturated heterocycles. The smallest absolute Gasteiger partial charge is 0.408 e. The molecule has 7 nitrogen and oxygen atoms in total. The molecule has 2 amide bonds. The van der Waals surface area contributed by atoms with E-state index in [1.54, 1.807) is 27.7 Å². The molecule has 1 aromatic heterocycles. The number of nitrogens with two attached hydrogens (primary N) is 1. The van der Waals surface area contributed by atoms with Gasteiger partial charge in [0.2, 0.25) is 0 Å². The van der Waals surface area contributed by atoms with E-state index in [9.17, 15) is 13.8 Å². The second kappa shape index (κ2) is 8.49. The highest BCUT2D eigenvalue weighted by molar-refractivity contribution is 7.93. The Morgan fingerprint density at radius 2 is 1.92 bits per heavy atom. The van der Waals surface area contributed by atoms with Gasteiger partial charge in [-0.25, -0.2) is 14.1 Å². The Bertz CT molecular complexity index is 784. The summed E-state index contributed by atoms with van der Waals surface area (Å²) < 4.78 is 22.1. The summed E-state index contributed by atoms with van der Waals surface area (Å²) in [5, 5.41) is 10.2. The van der Waals surface area contributed by atoms with Crippen molar-refractivity contribution in [2.75, 3.05) is 0 Å². The van der Waals surface area contributed by atoms with Crippen molar-refractivity contribution in [3.8, 4) is 0 Å². The molecular weight excluding hydrogens is 374 g/mol. The zero-order valence-corrected chi connectivity index (χ0v) is 18.0. The number of thiophene rings is 1. The van der Waals surface area contributed by atoms with E-state index in [1.807, 2.05) is 26.2 Å². The lowest BCUT2D eigenvalue weighted by atomic mass is 10.0. The molecule has 0 spiro atoms. The lowest BCUT2D eigenvalue weighted by Gasteiger charge is -2.23. The van der Waals surface area contributed by atoms with Crippen molar-refractivity contribution in [2.45, 2.75) is 70.7 Å². The fraction of sp³-hybridized carbons (Fsp3) is 0.647. The quantitative estimate of drug-likeness (QED) is 0.783. The van der Waals surface area contributed by atoms with Crippen molar-refractivity contribution in [2.24, 2.45) is 15.4 Å². The molecule has 1 rings (SSSR count). The van der Waals surface area contributed by atoms with E-state index in [0.717, 1.165) is 11.1 Å². The summed E-state index contributed by atoms with van der Waals surface area (Å²) in [5.74, 6) is -0.615. The van der Waals surface area contributed by atoms with Crippen LogP contribution in [0.25, 0.3) is 0 Å². The largest absolute Gasteiger partial charge is 0.444 e. The third-order valence-corrected chi connectivity index (χ3v) is 6.71. The average molecular weight is 404 g/mol. The molecule has 2 atom stereocenters. The fourth-order valence-electron chi connectivity index (χ4n) is 2.15. The number of rotatable bonds is 5. The van der Waals surface area contributed by atoms with Crippen LogP contribution in [-0.2, 0) is 19.4 Å². The lowest BCUT2D eigenvalue weighted by molar-refractivity contribution is -0.120. The van der Waals surface area contributed by atoms with Gasteiger partial charge in [-0.2, -0.15) is 0 Å². The first-order valence-electron chi connectivity index (χ1n) is 8.36. The highest BCUT2D eigenvalue weighted by Gasteiger charge is 2.27. The predicted molar refractivity (Wildman–Crippen MR) is 104 cm³/mol. The third kappa shape index (κ3) is 6.69. The van der Waals surface area contributed by atoms with Crippen LogP contribution in [0.2, 0.25) is 0 Å². The number of alkyl carbamates (subject to hydrolysis) is 1. The number of nitrogens with one attached hydrogen (secondary N) is 1. The Morgan fingerprint density at radius 3 is 2.35 bits per heavy atom. The number of amides is 2. The van der Waals surface area contributed by atoms with Crippen molar-refractivity contribution in [3.63, 3.8) is 0 Å². The predicted octanol–water partition coefficient (Wildman–Crippen LogP) is 3.53. The van der Waals surface area contributed by atoms with Crippen LogP contribution >= 0.6 is 11.3 Å². The summed E-state index contributed by atoms with van der Waals surface area (Å²) in [6.45, 7) is 12.7. The van der Waals surface area contributed by atoms with Gasteiger partial charge in [-0.05, 0) is 63.5 Å². The third-order valence-electron chi connectivity index (χ3n) is 3.43. The van der Waals surface area contributed by atoms with Crippen LogP contribution in [-0.4, -0.2) is 27.9 Å². The second-order valence-electron chi connectivity index (χ2n) is 7.66. The number of hydrogen-bond donors (Lipinski definition) is 2. The van der Waals surface area contributed by atoms with E-state index >= 15 is 0 Å². The van der Waals surface area contributed by atoms with E-state index < -0.39 is 33.6 Å². The molecule has 9 heteroatoms. The van der Waals surface area contributed by atoms with Crippen LogP contribution in [0, 0.1) is 19.8 Å². The minimum Gasteiger partial charge on any atom is -0.444 e. The number of nitrogens with zero attached hydrogens (tertiary/aromatic N) is 1. The second-order valence-corrected chi connectivity index (χ2v) is 10.5. The van der Waals surface area contributed by atoms with Crippen LogP contribution in [0.4, 0.5) is 4.79 Å². The van der Waals surface area contributed by atoms with Crippen molar-refractivity contribution < 1.29 is 18.5 Å². The normalized spacial score (nSPS) is 15.3. The average Bonchev–Trinajstić information content (AvgIpc) is 2.75. The summed E-state index contributed by atoms with van der Waals surface area (Å²) in [6, 6.07) is -0.949. The topological polar surface area (TPSA) is 111 Å². The highest BCUT2D eigenvalue weighted by atomic mass is 32.2. The summed E-state index contributed by atoms with van der Waals surface area (Å²) in [4.78, 5) is 24.6. The van der Waals surface area contributed by atoms with Crippen molar-refractivity contribution in [1.82, 2.24) is 5.32 Å². The summed E-state index contributed by atoms with van der Waals surface area (Å²) in [7, 11) is -3.37. The molecule has 3 N–H and O–H groups in total. The van der Waals surface area contributed by atoms with Gasteiger partial charge < -0.3 is 10.1 Å². The van der Waals surface area contributed by atoms with E-state index in [-0.39, 0.29) is 5.92 Å². The summed E-state index contributed by atoms with van der Waals surface area (Å²) in [6.07, 6.45) is -0.391. The van der Waals surface area contributed by atoms with Crippen LogP contribution in [0.5, 0.6) is 0 Å².